The Hall–Kier alpha value is -1.86. The van der Waals surface area contributed by atoms with E-state index in [1.807, 2.05) is 6.08 Å². The molecule has 0 radical (unpaired) electrons. The lowest BCUT2D eigenvalue weighted by Crippen LogP contribution is -2.61. The van der Waals surface area contributed by atoms with E-state index >= 15 is 0 Å². The molecule has 11 heteroatoms. The predicted molar refractivity (Wildman–Crippen MR) is 334 cm³/mol. The summed E-state index contributed by atoms with van der Waals surface area (Å²) in [5, 5.41) is 57.1. The Bertz CT molecular complexity index is 1400. The Kier molecular flexibility index (Phi) is 54.8. The van der Waals surface area contributed by atoms with Crippen molar-refractivity contribution in [3.63, 3.8) is 0 Å². The van der Waals surface area contributed by atoms with Crippen LogP contribution in [0.15, 0.2) is 24.3 Å². The maximum Gasteiger partial charge on any atom is 0.306 e. The van der Waals surface area contributed by atoms with E-state index in [-0.39, 0.29) is 13.0 Å². The minimum absolute atomic E-state index is 0.130. The van der Waals surface area contributed by atoms with Crippen LogP contribution in [-0.4, -0.2) is 99.6 Å². The van der Waals surface area contributed by atoms with E-state index in [0.717, 1.165) is 57.8 Å². The summed E-state index contributed by atoms with van der Waals surface area (Å²) in [5.41, 5.74) is 0. The molecule has 8 unspecified atom stereocenters. The summed E-state index contributed by atoms with van der Waals surface area (Å²) in [7, 11) is 0. The number of amides is 1. The SMILES string of the molecule is CCCCCCCC/C=C/CCCCCCCCCCCCCCCCCCC(O)C(=O)NC(COC1OC(CO)C(O)C(O)C1OC(=O)CCCCCCCCCCCCCCC)C(O)/C=C/CCCCCCCCCCCC. The molecule has 0 aromatic carbocycles. The maximum atomic E-state index is 13.5. The fourth-order valence-electron chi connectivity index (χ4n) is 11.1. The highest BCUT2D eigenvalue weighted by atomic mass is 16.7. The summed E-state index contributed by atoms with van der Waals surface area (Å²) >= 11 is 0. The standard InChI is InChI=1S/C69H131NO10/c1-4-7-10-13-16-19-22-25-26-27-28-29-30-31-32-33-34-35-36-37-39-41-44-47-50-53-56-62(73)68(77)70-60(61(72)55-52-49-46-43-40-24-21-18-15-12-9-6-3)59-78-69-67(66(76)65(75)63(58-71)79-69)80-64(74)57-54-51-48-45-42-38-23-20-17-14-11-8-5-2/h25-26,52,55,60-63,65-67,69,71-73,75-76H,4-24,27-51,53-54,56-59H2,1-3H3,(H,70,77)/b26-25+,55-52+. The largest absolute Gasteiger partial charge is 0.454 e. The molecule has 1 aliphatic rings. The van der Waals surface area contributed by atoms with Crippen LogP contribution in [0, 0.1) is 0 Å². The lowest BCUT2D eigenvalue weighted by Gasteiger charge is -2.41. The molecule has 0 aromatic heterocycles. The molecule has 6 N–H and O–H groups in total. The van der Waals surface area contributed by atoms with Gasteiger partial charge in [-0.1, -0.05) is 308 Å². The molecule has 472 valence electrons. The first-order chi connectivity index (χ1) is 39.2. The number of ether oxygens (including phenoxy) is 3. The zero-order valence-corrected chi connectivity index (χ0v) is 52.5. The van der Waals surface area contributed by atoms with Gasteiger partial charge in [0.15, 0.2) is 12.4 Å². The zero-order valence-electron chi connectivity index (χ0n) is 52.5. The second kappa shape index (κ2) is 57.6. The van der Waals surface area contributed by atoms with Crippen LogP contribution in [0.1, 0.15) is 342 Å². The van der Waals surface area contributed by atoms with Crippen molar-refractivity contribution in [1.82, 2.24) is 5.32 Å². The first-order valence-corrected chi connectivity index (χ1v) is 34.6. The minimum atomic E-state index is -1.61. The Labute approximate surface area is 492 Å². The molecule has 11 nitrogen and oxygen atoms in total. The van der Waals surface area contributed by atoms with Gasteiger partial charge >= 0.3 is 5.97 Å². The molecular weight excluding hydrogens is 1000 g/mol. The molecule has 1 saturated heterocycles. The summed E-state index contributed by atoms with van der Waals surface area (Å²) in [6, 6.07) is -1.02. The molecule has 1 rings (SSSR count). The first-order valence-electron chi connectivity index (χ1n) is 34.6. The molecule has 80 heavy (non-hydrogen) atoms. The van der Waals surface area contributed by atoms with Gasteiger partial charge in [-0.25, -0.2) is 0 Å². The number of hydrogen-bond donors (Lipinski definition) is 6. The van der Waals surface area contributed by atoms with Gasteiger partial charge in [-0.3, -0.25) is 9.59 Å². The minimum Gasteiger partial charge on any atom is -0.454 e. The molecule has 0 saturated carbocycles. The van der Waals surface area contributed by atoms with Crippen LogP contribution in [-0.2, 0) is 23.8 Å². The van der Waals surface area contributed by atoms with Gasteiger partial charge < -0.3 is 45.1 Å². The smallest absolute Gasteiger partial charge is 0.306 e. The lowest BCUT2D eigenvalue weighted by atomic mass is 9.99. The van der Waals surface area contributed by atoms with E-state index in [9.17, 15) is 35.1 Å². The predicted octanol–water partition coefficient (Wildman–Crippen LogP) is 17.2. The molecule has 1 aliphatic heterocycles. The van der Waals surface area contributed by atoms with E-state index in [0.29, 0.717) is 19.3 Å². The van der Waals surface area contributed by atoms with Crippen LogP contribution >= 0.6 is 0 Å². The van der Waals surface area contributed by atoms with E-state index < -0.39 is 67.4 Å². The Morgan fingerprint density at radius 1 is 0.475 bits per heavy atom. The van der Waals surface area contributed by atoms with Gasteiger partial charge in [0.1, 0.15) is 24.4 Å². The number of aliphatic hydroxyl groups excluding tert-OH is 5. The van der Waals surface area contributed by atoms with Gasteiger partial charge in [-0.15, -0.1) is 0 Å². The van der Waals surface area contributed by atoms with E-state index in [2.05, 4.69) is 38.2 Å². The van der Waals surface area contributed by atoms with Gasteiger partial charge in [0.05, 0.1) is 25.4 Å². The van der Waals surface area contributed by atoms with Crippen LogP contribution in [0.4, 0.5) is 0 Å². The van der Waals surface area contributed by atoms with Crippen molar-refractivity contribution in [1.29, 1.82) is 0 Å². The van der Waals surface area contributed by atoms with Gasteiger partial charge in [0.25, 0.3) is 0 Å². The highest BCUT2D eigenvalue weighted by Crippen LogP contribution is 2.26. The Morgan fingerprint density at radius 2 is 0.825 bits per heavy atom. The van der Waals surface area contributed by atoms with Crippen molar-refractivity contribution in [3.8, 4) is 0 Å². The topological polar surface area (TPSA) is 175 Å². The van der Waals surface area contributed by atoms with Crippen LogP contribution in [0.25, 0.3) is 0 Å². The molecule has 1 amide bonds. The summed E-state index contributed by atoms with van der Waals surface area (Å²) in [5.74, 6) is -1.18. The Morgan fingerprint density at radius 3 is 1.21 bits per heavy atom. The second-order valence-corrected chi connectivity index (χ2v) is 24.3. The lowest BCUT2D eigenvalue weighted by molar-refractivity contribution is -0.305. The molecular formula is C69H131NO10. The van der Waals surface area contributed by atoms with Crippen molar-refractivity contribution < 1.29 is 49.3 Å². The van der Waals surface area contributed by atoms with Crippen LogP contribution in [0.3, 0.4) is 0 Å². The van der Waals surface area contributed by atoms with Gasteiger partial charge in [-0.2, -0.15) is 0 Å². The number of unbranched alkanes of at least 4 members (excludes halogenated alkanes) is 44. The van der Waals surface area contributed by atoms with Crippen LogP contribution in [0.2, 0.25) is 0 Å². The van der Waals surface area contributed by atoms with E-state index in [4.69, 9.17) is 14.2 Å². The molecule has 0 aliphatic carbocycles. The number of nitrogens with one attached hydrogen (secondary N) is 1. The summed E-state index contributed by atoms with van der Waals surface area (Å²) < 4.78 is 17.6. The number of aliphatic hydroxyl groups is 5. The molecule has 0 spiro atoms. The highest BCUT2D eigenvalue weighted by molar-refractivity contribution is 5.80. The second-order valence-electron chi connectivity index (χ2n) is 24.3. The fraction of sp³-hybridized carbons (Fsp3) is 0.913. The average Bonchev–Trinajstić information content (AvgIpc) is 3.51. The fourth-order valence-corrected chi connectivity index (χ4v) is 11.1. The third-order valence-corrected chi connectivity index (χ3v) is 16.6. The third kappa shape index (κ3) is 44.6. The first kappa shape index (κ1) is 76.2. The van der Waals surface area contributed by atoms with Gasteiger partial charge in [-0.05, 0) is 51.4 Å². The Balaban J connectivity index is 2.54. The normalized spacial score (nSPS) is 18.8. The van der Waals surface area contributed by atoms with E-state index in [1.54, 1.807) is 6.08 Å². The molecule has 8 atom stereocenters. The number of carbonyl (C=O) groups is 2. The van der Waals surface area contributed by atoms with Gasteiger partial charge in [0.2, 0.25) is 5.91 Å². The quantitative estimate of drug-likeness (QED) is 0.0195. The summed E-state index contributed by atoms with van der Waals surface area (Å²) in [4.78, 5) is 26.6. The monoisotopic (exact) mass is 1130 g/mol. The number of hydrogen-bond acceptors (Lipinski definition) is 10. The van der Waals surface area contributed by atoms with Crippen LogP contribution in [0.5, 0.6) is 0 Å². The van der Waals surface area contributed by atoms with Crippen molar-refractivity contribution >= 4 is 11.9 Å². The summed E-state index contributed by atoms with van der Waals surface area (Å²) in [6.07, 6.45) is 58.0. The number of rotatable bonds is 60. The molecule has 0 bridgehead atoms. The molecule has 1 fully saturated rings. The third-order valence-electron chi connectivity index (χ3n) is 16.6. The van der Waals surface area contributed by atoms with Crippen LogP contribution < -0.4 is 5.32 Å². The number of allylic oxidation sites excluding steroid dienone is 3. The molecule has 0 aromatic rings. The van der Waals surface area contributed by atoms with Crippen molar-refractivity contribution in [2.45, 2.75) is 391 Å². The maximum absolute atomic E-state index is 13.5. The molecule has 1 heterocycles. The van der Waals surface area contributed by atoms with Crippen molar-refractivity contribution in [3.05, 3.63) is 24.3 Å². The summed E-state index contributed by atoms with van der Waals surface area (Å²) in [6.45, 7) is 5.82. The average molecular weight is 1130 g/mol. The number of carbonyl (C=O) groups excluding carboxylic acids is 2. The van der Waals surface area contributed by atoms with Gasteiger partial charge in [0, 0.05) is 6.42 Å². The highest BCUT2D eigenvalue weighted by Gasteiger charge is 2.47. The zero-order chi connectivity index (χ0) is 58.2. The number of esters is 1. The van der Waals surface area contributed by atoms with E-state index in [1.165, 1.54) is 238 Å². The van der Waals surface area contributed by atoms with Crippen molar-refractivity contribution in [2.24, 2.45) is 0 Å². The van der Waals surface area contributed by atoms with Crippen molar-refractivity contribution in [2.75, 3.05) is 13.2 Å².